The van der Waals surface area contributed by atoms with Crippen molar-refractivity contribution in [3.63, 3.8) is 0 Å². The van der Waals surface area contributed by atoms with Crippen LogP contribution in [0.2, 0.25) is 0 Å². The van der Waals surface area contributed by atoms with E-state index in [0.29, 0.717) is 52.3 Å². The molecule has 0 radical (unpaired) electrons. The van der Waals surface area contributed by atoms with Gasteiger partial charge in [0, 0.05) is 5.39 Å². The normalized spacial score (nSPS) is 11.1. The lowest BCUT2D eigenvalue weighted by Crippen LogP contribution is -1.98. The smallest absolute Gasteiger partial charge is 0.141 e. The highest BCUT2D eigenvalue weighted by Crippen LogP contribution is 2.32. The standard InChI is InChI=1S/C31H27F4N/c1-2-3-4-5-6-21-16-28(33)30(29(34)17-21)24-13-14-26-23(18-24)12-11-22(31(26)35)9-7-20-8-10-25(19-36)27(32)15-20/h8,10-18H,2-7,9H2,1H3. The fourth-order valence-electron chi connectivity index (χ4n) is 4.57. The van der Waals surface area contributed by atoms with Crippen LogP contribution in [-0.4, -0.2) is 0 Å². The molecule has 184 valence electrons. The topological polar surface area (TPSA) is 23.8 Å². The molecule has 4 aromatic carbocycles. The summed E-state index contributed by atoms with van der Waals surface area (Å²) >= 11 is 0. The van der Waals surface area contributed by atoms with Crippen molar-refractivity contribution in [2.24, 2.45) is 0 Å². The predicted octanol–water partition coefficient (Wildman–Crippen LogP) is 8.84. The molecule has 0 fully saturated rings. The van der Waals surface area contributed by atoms with E-state index < -0.39 is 23.3 Å². The average molecular weight is 490 g/mol. The van der Waals surface area contributed by atoms with E-state index >= 15 is 4.39 Å². The van der Waals surface area contributed by atoms with Gasteiger partial charge >= 0.3 is 0 Å². The Labute approximate surface area is 209 Å². The molecule has 0 heterocycles. The van der Waals surface area contributed by atoms with Gasteiger partial charge in [0.15, 0.2) is 0 Å². The molecule has 0 aromatic heterocycles. The molecule has 0 aliphatic carbocycles. The zero-order valence-corrected chi connectivity index (χ0v) is 20.2. The van der Waals surface area contributed by atoms with Crippen LogP contribution in [0.25, 0.3) is 21.9 Å². The lowest BCUT2D eigenvalue weighted by Gasteiger charge is -2.11. The maximum Gasteiger partial charge on any atom is 0.141 e. The molecule has 0 saturated carbocycles. The molecule has 0 bridgehead atoms. The molecular formula is C31H27F4N. The van der Waals surface area contributed by atoms with Gasteiger partial charge in [-0.05, 0) is 83.7 Å². The third-order valence-corrected chi connectivity index (χ3v) is 6.58. The summed E-state index contributed by atoms with van der Waals surface area (Å²) in [4.78, 5) is 0. The van der Waals surface area contributed by atoms with E-state index in [0.717, 1.165) is 25.7 Å². The first-order valence-electron chi connectivity index (χ1n) is 12.3. The molecule has 0 aliphatic heterocycles. The highest BCUT2D eigenvalue weighted by molar-refractivity contribution is 5.88. The van der Waals surface area contributed by atoms with Crippen LogP contribution in [0, 0.1) is 34.6 Å². The van der Waals surface area contributed by atoms with Gasteiger partial charge in [0.05, 0.1) is 11.1 Å². The van der Waals surface area contributed by atoms with Crippen molar-refractivity contribution in [1.29, 1.82) is 5.26 Å². The number of halogens is 4. The number of aryl methyl sites for hydroxylation is 3. The highest BCUT2D eigenvalue weighted by Gasteiger charge is 2.16. The van der Waals surface area contributed by atoms with Crippen LogP contribution in [0.1, 0.15) is 54.9 Å². The molecule has 0 aliphatic rings. The van der Waals surface area contributed by atoms with Gasteiger partial charge in [-0.15, -0.1) is 0 Å². The van der Waals surface area contributed by atoms with Crippen LogP contribution >= 0.6 is 0 Å². The number of rotatable bonds is 9. The van der Waals surface area contributed by atoms with Gasteiger partial charge in [-0.2, -0.15) is 5.26 Å². The van der Waals surface area contributed by atoms with Crippen molar-refractivity contribution >= 4 is 10.8 Å². The van der Waals surface area contributed by atoms with E-state index in [1.807, 2.05) is 0 Å². The molecule has 36 heavy (non-hydrogen) atoms. The summed E-state index contributed by atoms with van der Waals surface area (Å²) in [5, 5.41) is 9.75. The Morgan fingerprint density at radius 1 is 0.694 bits per heavy atom. The molecule has 0 unspecified atom stereocenters. The minimum Gasteiger partial charge on any atom is -0.206 e. The Morgan fingerprint density at radius 2 is 1.44 bits per heavy atom. The van der Waals surface area contributed by atoms with Gasteiger partial charge in [0.1, 0.15) is 29.3 Å². The van der Waals surface area contributed by atoms with E-state index in [2.05, 4.69) is 6.92 Å². The van der Waals surface area contributed by atoms with Crippen LogP contribution < -0.4 is 0 Å². The van der Waals surface area contributed by atoms with Crippen LogP contribution in [0.5, 0.6) is 0 Å². The molecule has 5 heteroatoms. The molecule has 0 N–H and O–H groups in total. The minimum absolute atomic E-state index is 0.0269. The van der Waals surface area contributed by atoms with Crippen molar-refractivity contribution < 1.29 is 17.6 Å². The number of hydrogen-bond acceptors (Lipinski definition) is 1. The summed E-state index contributed by atoms with van der Waals surface area (Å²) in [6, 6.07) is 17.0. The Bertz CT molecular complexity index is 1410. The van der Waals surface area contributed by atoms with Crippen molar-refractivity contribution in [1.82, 2.24) is 0 Å². The van der Waals surface area contributed by atoms with E-state index in [9.17, 15) is 13.2 Å². The van der Waals surface area contributed by atoms with Gasteiger partial charge in [0.2, 0.25) is 0 Å². The fraction of sp³-hybridized carbons (Fsp3) is 0.258. The lowest BCUT2D eigenvalue weighted by atomic mass is 9.95. The monoisotopic (exact) mass is 489 g/mol. The van der Waals surface area contributed by atoms with Crippen molar-refractivity contribution in [2.75, 3.05) is 0 Å². The van der Waals surface area contributed by atoms with E-state index in [1.165, 1.54) is 30.3 Å². The number of nitriles is 1. The average Bonchev–Trinajstić information content (AvgIpc) is 2.86. The summed E-state index contributed by atoms with van der Waals surface area (Å²) in [5.41, 5.74) is 1.99. The zero-order valence-electron chi connectivity index (χ0n) is 20.2. The van der Waals surface area contributed by atoms with Gasteiger partial charge in [-0.1, -0.05) is 56.5 Å². The summed E-state index contributed by atoms with van der Waals surface area (Å²) < 4.78 is 58.9. The molecule has 4 rings (SSSR count). The summed E-state index contributed by atoms with van der Waals surface area (Å²) in [6.45, 7) is 2.12. The maximum atomic E-state index is 15.2. The number of fused-ring (bicyclic) bond motifs is 1. The molecule has 4 aromatic rings. The van der Waals surface area contributed by atoms with Crippen molar-refractivity contribution in [2.45, 2.75) is 51.9 Å². The number of benzene rings is 4. The van der Waals surface area contributed by atoms with Crippen molar-refractivity contribution in [3.05, 3.63) is 106 Å². The van der Waals surface area contributed by atoms with Crippen LogP contribution in [0.3, 0.4) is 0 Å². The summed E-state index contributed by atoms with van der Waals surface area (Å²) in [5.74, 6) is -2.24. The van der Waals surface area contributed by atoms with Gasteiger partial charge in [-0.3, -0.25) is 0 Å². The van der Waals surface area contributed by atoms with Gasteiger partial charge < -0.3 is 0 Å². The summed E-state index contributed by atoms with van der Waals surface area (Å²) in [6.07, 6.45) is 5.51. The molecular weight excluding hydrogens is 462 g/mol. The quantitative estimate of drug-likeness (QED) is 0.170. The fourth-order valence-corrected chi connectivity index (χ4v) is 4.57. The number of hydrogen-bond donors (Lipinski definition) is 0. The van der Waals surface area contributed by atoms with Gasteiger partial charge in [0.25, 0.3) is 0 Å². The second-order valence-corrected chi connectivity index (χ2v) is 9.15. The van der Waals surface area contributed by atoms with E-state index in [-0.39, 0.29) is 11.1 Å². The second kappa shape index (κ2) is 11.4. The molecule has 0 atom stereocenters. The predicted molar refractivity (Wildman–Crippen MR) is 136 cm³/mol. The Balaban J connectivity index is 1.55. The second-order valence-electron chi connectivity index (χ2n) is 9.15. The lowest BCUT2D eigenvalue weighted by molar-refractivity contribution is 0.582. The van der Waals surface area contributed by atoms with Crippen molar-refractivity contribution in [3.8, 4) is 17.2 Å². The first-order chi connectivity index (χ1) is 17.4. The summed E-state index contributed by atoms with van der Waals surface area (Å²) in [7, 11) is 0. The van der Waals surface area contributed by atoms with E-state index in [4.69, 9.17) is 5.26 Å². The van der Waals surface area contributed by atoms with Crippen LogP contribution in [0.4, 0.5) is 17.6 Å². The molecule has 1 nitrogen and oxygen atoms in total. The minimum atomic E-state index is -0.619. The number of unbranched alkanes of at least 4 members (excludes halogenated alkanes) is 3. The van der Waals surface area contributed by atoms with Gasteiger partial charge in [-0.25, -0.2) is 17.6 Å². The molecule has 0 saturated heterocycles. The molecule has 0 amide bonds. The van der Waals surface area contributed by atoms with E-state index in [1.54, 1.807) is 36.4 Å². The molecule has 0 spiro atoms. The largest absolute Gasteiger partial charge is 0.206 e. The highest BCUT2D eigenvalue weighted by atomic mass is 19.1. The number of nitrogens with zero attached hydrogens (tertiary/aromatic N) is 1. The third kappa shape index (κ3) is 5.60. The Morgan fingerprint density at radius 3 is 2.14 bits per heavy atom. The Hall–Kier alpha value is -3.65. The third-order valence-electron chi connectivity index (χ3n) is 6.58. The Kier molecular flexibility index (Phi) is 8.05. The first-order valence-corrected chi connectivity index (χ1v) is 12.3. The van der Waals surface area contributed by atoms with Crippen LogP contribution in [-0.2, 0) is 19.3 Å². The zero-order chi connectivity index (χ0) is 25.7. The first kappa shape index (κ1) is 25.4. The SMILES string of the molecule is CCCCCCc1cc(F)c(-c2ccc3c(F)c(CCc4ccc(C#N)c(F)c4)ccc3c2)c(F)c1. The van der Waals surface area contributed by atoms with Crippen LogP contribution in [0.15, 0.2) is 60.7 Å². The maximum absolute atomic E-state index is 15.2.